The Kier molecular flexibility index (Phi) is 3.81. The zero-order chi connectivity index (χ0) is 15.0. The van der Waals surface area contributed by atoms with Crippen molar-refractivity contribution in [3.8, 4) is 0 Å². The molecule has 0 amide bonds. The Labute approximate surface area is 137 Å². The van der Waals surface area contributed by atoms with Crippen LogP contribution in [0.5, 0.6) is 0 Å². The maximum Gasteiger partial charge on any atom is 0.0328 e. The summed E-state index contributed by atoms with van der Waals surface area (Å²) in [5.41, 5.74) is 1.93. The third-order valence-electron chi connectivity index (χ3n) is 5.69. The summed E-state index contributed by atoms with van der Waals surface area (Å²) in [5, 5.41) is 2.19. The van der Waals surface area contributed by atoms with Crippen LogP contribution >= 0.6 is 11.3 Å². The Morgan fingerprint density at radius 2 is 1.91 bits per heavy atom. The monoisotopic (exact) mass is 312 g/mol. The van der Waals surface area contributed by atoms with E-state index in [2.05, 4.69) is 64.7 Å². The summed E-state index contributed by atoms with van der Waals surface area (Å²) in [7, 11) is 2.31. The van der Waals surface area contributed by atoms with Crippen molar-refractivity contribution in [3.63, 3.8) is 0 Å². The molecule has 4 rings (SSSR count). The molecule has 0 unspecified atom stereocenters. The van der Waals surface area contributed by atoms with Gasteiger partial charge >= 0.3 is 0 Å². The van der Waals surface area contributed by atoms with Gasteiger partial charge in [-0.25, -0.2) is 0 Å². The van der Waals surface area contributed by atoms with Gasteiger partial charge in [-0.3, -0.25) is 4.90 Å². The van der Waals surface area contributed by atoms with Crippen LogP contribution in [-0.2, 0) is 12.0 Å². The minimum absolute atomic E-state index is 0.377. The van der Waals surface area contributed by atoms with E-state index >= 15 is 0 Å². The van der Waals surface area contributed by atoms with Gasteiger partial charge in [-0.15, -0.1) is 11.3 Å². The lowest BCUT2D eigenvalue weighted by Gasteiger charge is -2.46. The first-order valence-electron chi connectivity index (χ1n) is 8.28. The van der Waals surface area contributed by atoms with Crippen LogP contribution in [0, 0.1) is 0 Å². The maximum atomic E-state index is 2.65. The fourth-order valence-electron chi connectivity index (χ4n) is 4.44. The molecule has 0 aliphatic carbocycles. The van der Waals surface area contributed by atoms with Gasteiger partial charge in [-0.05, 0) is 50.0 Å². The summed E-state index contributed by atoms with van der Waals surface area (Å²) in [4.78, 5) is 6.74. The molecular formula is C19H24N2S. The number of fused-ring (bicyclic) bond motifs is 1. The van der Waals surface area contributed by atoms with Crippen LogP contribution in [0.25, 0.3) is 0 Å². The third-order valence-corrected chi connectivity index (χ3v) is 6.56. The Balaban J connectivity index is 1.57. The molecule has 2 fully saturated rings. The number of piperidine rings is 1. The van der Waals surface area contributed by atoms with Gasteiger partial charge < -0.3 is 4.90 Å². The number of rotatable bonds is 3. The molecule has 1 aromatic heterocycles. The molecule has 22 heavy (non-hydrogen) atoms. The average molecular weight is 312 g/mol. The molecular weight excluding hydrogens is 288 g/mol. The van der Waals surface area contributed by atoms with Crippen molar-refractivity contribution >= 4 is 11.3 Å². The number of hydrogen-bond donors (Lipinski definition) is 0. The molecule has 0 bridgehead atoms. The van der Waals surface area contributed by atoms with E-state index in [1.165, 1.54) is 37.4 Å². The molecule has 3 heterocycles. The third kappa shape index (κ3) is 2.41. The van der Waals surface area contributed by atoms with Crippen LogP contribution in [0.4, 0.5) is 0 Å². The second kappa shape index (κ2) is 5.80. The second-order valence-electron chi connectivity index (χ2n) is 6.83. The minimum atomic E-state index is 0.377. The summed E-state index contributed by atoms with van der Waals surface area (Å²) < 4.78 is 0. The highest BCUT2D eigenvalue weighted by Crippen LogP contribution is 2.45. The average Bonchev–Trinajstić information content (AvgIpc) is 3.18. The molecule has 0 spiro atoms. The Hall–Kier alpha value is -1.16. The van der Waals surface area contributed by atoms with Crippen LogP contribution in [0.3, 0.4) is 0 Å². The summed E-state index contributed by atoms with van der Waals surface area (Å²) in [6.07, 6.45) is 2.60. The SMILES string of the molecule is CN1CC[C@]2(c3ccccc3)CCN(Cc3cccs3)C[C@H]12. The number of benzene rings is 1. The zero-order valence-electron chi connectivity index (χ0n) is 13.2. The highest BCUT2D eigenvalue weighted by molar-refractivity contribution is 7.09. The van der Waals surface area contributed by atoms with E-state index in [-0.39, 0.29) is 0 Å². The van der Waals surface area contributed by atoms with Gasteiger partial charge in [0, 0.05) is 29.4 Å². The highest BCUT2D eigenvalue weighted by Gasteiger charge is 2.49. The quantitative estimate of drug-likeness (QED) is 0.854. The minimum Gasteiger partial charge on any atom is -0.301 e. The first-order valence-corrected chi connectivity index (χ1v) is 9.16. The van der Waals surface area contributed by atoms with Crippen molar-refractivity contribution < 1.29 is 0 Å². The lowest BCUT2D eigenvalue weighted by molar-refractivity contribution is 0.0924. The molecule has 116 valence electrons. The Bertz CT molecular complexity index is 610. The van der Waals surface area contributed by atoms with Gasteiger partial charge in [-0.1, -0.05) is 36.4 Å². The predicted octanol–water partition coefficient (Wildman–Crippen LogP) is 3.60. The molecule has 2 saturated heterocycles. The normalized spacial score (nSPS) is 29.6. The van der Waals surface area contributed by atoms with Crippen LogP contribution < -0.4 is 0 Å². The summed E-state index contributed by atoms with van der Waals surface area (Å²) in [6.45, 7) is 4.76. The van der Waals surface area contributed by atoms with E-state index in [9.17, 15) is 0 Å². The number of likely N-dealkylation sites (tertiary alicyclic amines) is 2. The molecule has 0 N–H and O–H groups in total. The van der Waals surface area contributed by atoms with Gasteiger partial charge in [0.1, 0.15) is 0 Å². The lowest BCUT2D eigenvalue weighted by atomic mass is 9.69. The fourth-order valence-corrected chi connectivity index (χ4v) is 5.18. The molecule has 2 aromatic rings. The van der Waals surface area contributed by atoms with Crippen molar-refractivity contribution in [2.45, 2.75) is 30.8 Å². The Morgan fingerprint density at radius 1 is 1.09 bits per heavy atom. The molecule has 0 radical (unpaired) electrons. The molecule has 3 heteroatoms. The van der Waals surface area contributed by atoms with E-state index in [1.54, 1.807) is 5.56 Å². The first-order chi connectivity index (χ1) is 10.8. The second-order valence-corrected chi connectivity index (χ2v) is 7.87. The first kappa shape index (κ1) is 14.4. The number of likely N-dealkylation sites (N-methyl/N-ethyl adjacent to an activating group) is 1. The van der Waals surface area contributed by atoms with Crippen LogP contribution in [0.2, 0.25) is 0 Å². The van der Waals surface area contributed by atoms with E-state index in [0.717, 1.165) is 6.54 Å². The van der Waals surface area contributed by atoms with Gasteiger partial charge in [0.2, 0.25) is 0 Å². The summed E-state index contributed by atoms with van der Waals surface area (Å²) in [5.74, 6) is 0. The van der Waals surface area contributed by atoms with Crippen LogP contribution in [0.15, 0.2) is 47.8 Å². The fraction of sp³-hybridized carbons (Fsp3) is 0.474. The number of thiophene rings is 1. The van der Waals surface area contributed by atoms with Crippen molar-refractivity contribution in [3.05, 3.63) is 58.3 Å². The molecule has 2 nitrogen and oxygen atoms in total. The summed E-state index contributed by atoms with van der Waals surface area (Å²) in [6, 6.07) is 16.3. The topological polar surface area (TPSA) is 6.48 Å². The molecule has 2 aliphatic rings. The highest BCUT2D eigenvalue weighted by atomic mass is 32.1. The van der Waals surface area contributed by atoms with Gasteiger partial charge in [0.05, 0.1) is 0 Å². The van der Waals surface area contributed by atoms with E-state index < -0.39 is 0 Å². The van der Waals surface area contributed by atoms with Gasteiger partial charge in [0.15, 0.2) is 0 Å². The number of nitrogens with zero attached hydrogens (tertiary/aromatic N) is 2. The molecule has 0 saturated carbocycles. The smallest absolute Gasteiger partial charge is 0.0328 e. The standard InChI is InChI=1S/C19H24N2S/c1-20-11-9-19(16-6-3-2-4-7-16)10-12-21(15-18(19)20)14-17-8-5-13-22-17/h2-8,13,18H,9-12,14-15H2,1H3/t18-,19+/m0/s1. The van der Waals surface area contributed by atoms with E-state index in [4.69, 9.17) is 0 Å². The van der Waals surface area contributed by atoms with Crippen molar-refractivity contribution in [1.29, 1.82) is 0 Å². The lowest BCUT2D eigenvalue weighted by Crippen LogP contribution is -2.54. The molecule has 2 aliphatic heterocycles. The van der Waals surface area contributed by atoms with Crippen molar-refractivity contribution in [2.24, 2.45) is 0 Å². The predicted molar refractivity (Wildman–Crippen MR) is 93.4 cm³/mol. The number of hydrogen-bond acceptors (Lipinski definition) is 3. The van der Waals surface area contributed by atoms with E-state index in [0.29, 0.717) is 11.5 Å². The van der Waals surface area contributed by atoms with Crippen LogP contribution in [-0.4, -0.2) is 42.5 Å². The van der Waals surface area contributed by atoms with Gasteiger partial charge in [-0.2, -0.15) is 0 Å². The molecule has 2 atom stereocenters. The molecule has 1 aromatic carbocycles. The summed E-state index contributed by atoms with van der Waals surface area (Å²) >= 11 is 1.88. The maximum absolute atomic E-state index is 2.65. The van der Waals surface area contributed by atoms with Crippen molar-refractivity contribution in [1.82, 2.24) is 9.80 Å². The van der Waals surface area contributed by atoms with E-state index in [1.807, 2.05) is 11.3 Å². The van der Waals surface area contributed by atoms with Crippen molar-refractivity contribution in [2.75, 3.05) is 26.7 Å². The van der Waals surface area contributed by atoms with Crippen LogP contribution in [0.1, 0.15) is 23.3 Å². The largest absolute Gasteiger partial charge is 0.301 e. The Morgan fingerprint density at radius 3 is 2.68 bits per heavy atom. The van der Waals surface area contributed by atoms with Gasteiger partial charge in [0.25, 0.3) is 0 Å². The zero-order valence-corrected chi connectivity index (χ0v) is 14.1.